The molecule has 0 radical (unpaired) electrons. The molecule has 0 fully saturated rings. The summed E-state index contributed by atoms with van der Waals surface area (Å²) in [4.78, 5) is 22.7. The van der Waals surface area contributed by atoms with Crippen LogP contribution in [0.3, 0.4) is 0 Å². The van der Waals surface area contributed by atoms with Crippen molar-refractivity contribution < 1.29 is 14.1 Å². The van der Waals surface area contributed by atoms with E-state index in [-0.39, 0.29) is 17.1 Å². The molecule has 25 heavy (non-hydrogen) atoms. The van der Waals surface area contributed by atoms with E-state index in [1.54, 1.807) is 19.1 Å². The quantitative estimate of drug-likeness (QED) is 0.580. The average molecular weight is 341 g/mol. The molecular formula is C16H12FN5O3. The highest BCUT2D eigenvalue weighted by atomic mass is 19.1. The SMILES string of the molecule is Cc1c(C(=O)Nc2cccc(F)c2)nnn1-c1cccc([N+](=O)[O-])c1. The molecule has 1 amide bonds. The van der Waals surface area contributed by atoms with Gasteiger partial charge in [-0.15, -0.1) is 5.10 Å². The number of hydrogen-bond acceptors (Lipinski definition) is 5. The van der Waals surface area contributed by atoms with Crippen LogP contribution in [0.15, 0.2) is 48.5 Å². The largest absolute Gasteiger partial charge is 0.320 e. The molecule has 0 saturated carbocycles. The molecule has 3 aromatic rings. The summed E-state index contributed by atoms with van der Waals surface area (Å²) in [6, 6.07) is 11.3. The molecule has 0 aliphatic heterocycles. The van der Waals surface area contributed by atoms with Crippen molar-refractivity contribution in [1.29, 1.82) is 0 Å². The Morgan fingerprint density at radius 3 is 2.72 bits per heavy atom. The van der Waals surface area contributed by atoms with Crippen molar-refractivity contribution in [3.05, 3.63) is 75.9 Å². The molecular weight excluding hydrogens is 329 g/mol. The Morgan fingerprint density at radius 2 is 2.00 bits per heavy atom. The number of halogens is 1. The van der Waals surface area contributed by atoms with Crippen molar-refractivity contribution in [2.45, 2.75) is 6.92 Å². The number of nitrogens with zero attached hydrogens (tertiary/aromatic N) is 4. The van der Waals surface area contributed by atoms with Gasteiger partial charge in [0.25, 0.3) is 11.6 Å². The molecule has 0 unspecified atom stereocenters. The first-order valence-electron chi connectivity index (χ1n) is 7.20. The number of aromatic nitrogens is 3. The standard InChI is InChI=1S/C16H12FN5O3/c1-10-15(16(23)18-12-5-2-4-11(17)8-12)19-20-21(10)13-6-3-7-14(9-13)22(24)25/h2-9H,1H3,(H,18,23). The van der Waals surface area contributed by atoms with Crippen LogP contribution in [-0.4, -0.2) is 25.8 Å². The number of hydrogen-bond donors (Lipinski definition) is 1. The molecule has 0 aliphatic rings. The van der Waals surface area contributed by atoms with Crippen LogP contribution in [-0.2, 0) is 0 Å². The third kappa shape index (κ3) is 3.34. The van der Waals surface area contributed by atoms with Crippen molar-refractivity contribution in [3.63, 3.8) is 0 Å². The minimum atomic E-state index is -0.556. The second-order valence-electron chi connectivity index (χ2n) is 5.18. The van der Waals surface area contributed by atoms with E-state index in [1.165, 1.54) is 41.1 Å². The fourth-order valence-electron chi connectivity index (χ4n) is 2.28. The lowest BCUT2D eigenvalue weighted by atomic mass is 10.2. The van der Waals surface area contributed by atoms with E-state index in [0.717, 1.165) is 0 Å². The number of amides is 1. The predicted molar refractivity (Wildman–Crippen MR) is 87.1 cm³/mol. The zero-order valence-electron chi connectivity index (χ0n) is 13.0. The van der Waals surface area contributed by atoms with Gasteiger partial charge in [0.1, 0.15) is 5.82 Å². The van der Waals surface area contributed by atoms with E-state index in [9.17, 15) is 19.3 Å². The van der Waals surface area contributed by atoms with Crippen LogP contribution in [0.5, 0.6) is 0 Å². The fraction of sp³-hybridized carbons (Fsp3) is 0.0625. The Labute approximate surface area is 141 Å². The van der Waals surface area contributed by atoms with E-state index in [2.05, 4.69) is 15.6 Å². The van der Waals surface area contributed by atoms with E-state index in [0.29, 0.717) is 11.4 Å². The van der Waals surface area contributed by atoms with Crippen LogP contribution in [0.1, 0.15) is 16.2 Å². The van der Waals surface area contributed by atoms with Crippen molar-refractivity contribution in [2.75, 3.05) is 5.32 Å². The monoisotopic (exact) mass is 341 g/mol. The summed E-state index contributed by atoms with van der Waals surface area (Å²) in [5.41, 5.74) is 1.03. The van der Waals surface area contributed by atoms with Gasteiger partial charge in [-0.3, -0.25) is 14.9 Å². The lowest BCUT2D eigenvalue weighted by Gasteiger charge is -2.05. The summed E-state index contributed by atoms with van der Waals surface area (Å²) in [6.45, 7) is 1.61. The first-order chi connectivity index (χ1) is 12.0. The van der Waals surface area contributed by atoms with Gasteiger partial charge in [0, 0.05) is 17.8 Å². The molecule has 0 aliphatic carbocycles. The highest BCUT2D eigenvalue weighted by Gasteiger charge is 2.18. The van der Waals surface area contributed by atoms with E-state index in [1.807, 2.05) is 0 Å². The first-order valence-corrected chi connectivity index (χ1v) is 7.20. The zero-order valence-corrected chi connectivity index (χ0v) is 13.0. The molecule has 1 heterocycles. The highest BCUT2D eigenvalue weighted by Crippen LogP contribution is 2.19. The third-order valence-electron chi connectivity index (χ3n) is 3.48. The van der Waals surface area contributed by atoms with Crippen LogP contribution < -0.4 is 5.32 Å². The normalized spacial score (nSPS) is 10.5. The van der Waals surface area contributed by atoms with Crippen LogP contribution in [0.25, 0.3) is 5.69 Å². The van der Waals surface area contributed by atoms with Gasteiger partial charge in [-0.1, -0.05) is 17.3 Å². The minimum Gasteiger partial charge on any atom is -0.320 e. The minimum absolute atomic E-state index is 0.0377. The molecule has 0 saturated heterocycles. The lowest BCUT2D eigenvalue weighted by molar-refractivity contribution is -0.384. The molecule has 0 spiro atoms. The highest BCUT2D eigenvalue weighted by molar-refractivity contribution is 6.03. The summed E-state index contributed by atoms with van der Waals surface area (Å²) in [5.74, 6) is -1.03. The van der Waals surface area contributed by atoms with E-state index < -0.39 is 16.6 Å². The molecule has 8 nitrogen and oxygen atoms in total. The summed E-state index contributed by atoms with van der Waals surface area (Å²) >= 11 is 0. The van der Waals surface area contributed by atoms with Gasteiger partial charge in [0.2, 0.25) is 0 Å². The number of nitrogens with one attached hydrogen (secondary N) is 1. The van der Waals surface area contributed by atoms with Gasteiger partial charge in [0.05, 0.1) is 16.3 Å². The molecule has 3 rings (SSSR count). The Balaban J connectivity index is 1.89. The molecule has 0 bridgehead atoms. The van der Waals surface area contributed by atoms with E-state index in [4.69, 9.17) is 0 Å². The Hall–Kier alpha value is -3.62. The zero-order chi connectivity index (χ0) is 18.0. The van der Waals surface area contributed by atoms with Gasteiger partial charge >= 0.3 is 0 Å². The van der Waals surface area contributed by atoms with Crippen LogP contribution in [0.4, 0.5) is 15.8 Å². The second kappa shape index (κ2) is 6.48. The van der Waals surface area contributed by atoms with Crippen LogP contribution in [0.2, 0.25) is 0 Å². The summed E-state index contributed by atoms with van der Waals surface area (Å²) in [7, 11) is 0. The van der Waals surface area contributed by atoms with Gasteiger partial charge in [-0.05, 0) is 31.2 Å². The number of non-ortho nitro benzene ring substituents is 1. The number of carbonyl (C=O) groups is 1. The molecule has 126 valence electrons. The maximum absolute atomic E-state index is 13.2. The molecule has 9 heteroatoms. The third-order valence-corrected chi connectivity index (χ3v) is 3.48. The average Bonchev–Trinajstić information content (AvgIpc) is 2.96. The van der Waals surface area contributed by atoms with Crippen molar-refractivity contribution >= 4 is 17.3 Å². The Bertz CT molecular complexity index is 970. The van der Waals surface area contributed by atoms with Gasteiger partial charge in [-0.2, -0.15) is 0 Å². The number of benzene rings is 2. The molecule has 2 aromatic carbocycles. The number of rotatable bonds is 4. The molecule has 1 N–H and O–H groups in total. The fourth-order valence-corrected chi connectivity index (χ4v) is 2.28. The number of nitro benzene ring substituents is 1. The summed E-state index contributed by atoms with van der Waals surface area (Å²) in [6.07, 6.45) is 0. The van der Waals surface area contributed by atoms with Gasteiger partial charge in [-0.25, -0.2) is 9.07 Å². The summed E-state index contributed by atoms with van der Waals surface area (Å²) < 4.78 is 14.5. The number of carbonyl (C=O) groups excluding carboxylic acids is 1. The van der Waals surface area contributed by atoms with Crippen LogP contribution >= 0.6 is 0 Å². The Kier molecular flexibility index (Phi) is 4.21. The second-order valence-corrected chi connectivity index (χ2v) is 5.18. The van der Waals surface area contributed by atoms with Gasteiger partial charge < -0.3 is 5.32 Å². The topological polar surface area (TPSA) is 103 Å². The summed E-state index contributed by atoms with van der Waals surface area (Å²) in [5, 5.41) is 21.1. The van der Waals surface area contributed by atoms with Crippen LogP contribution in [0, 0.1) is 22.9 Å². The maximum Gasteiger partial charge on any atom is 0.278 e. The Morgan fingerprint density at radius 1 is 1.24 bits per heavy atom. The van der Waals surface area contributed by atoms with Crippen molar-refractivity contribution in [2.24, 2.45) is 0 Å². The lowest BCUT2D eigenvalue weighted by Crippen LogP contribution is -2.14. The predicted octanol–water partition coefficient (Wildman–Crippen LogP) is 2.88. The first kappa shape index (κ1) is 16.2. The molecule has 0 atom stereocenters. The van der Waals surface area contributed by atoms with E-state index >= 15 is 0 Å². The smallest absolute Gasteiger partial charge is 0.278 e. The molecule has 1 aromatic heterocycles. The van der Waals surface area contributed by atoms with Gasteiger partial charge in [0.15, 0.2) is 5.69 Å². The number of nitro groups is 1. The number of anilines is 1. The maximum atomic E-state index is 13.2. The van der Waals surface area contributed by atoms with Crippen molar-refractivity contribution in [3.8, 4) is 5.69 Å². The van der Waals surface area contributed by atoms with Crippen molar-refractivity contribution in [1.82, 2.24) is 15.0 Å².